The quantitative estimate of drug-likeness (QED) is 0.758. The lowest BCUT2D eigenvalue weighted by molar-refractivity contribution is 0.0452. The molecule has 2 saturated heterocycles. The summed E-state index contributed by atoms with van der Waals surface area (Å²) in [5.74, 6) is 0.944. The third-order valence-electron chi connectivity index (χ3n) is 4.78. The molecule has 2 rings (SSSR count). The molecule has 0 radical (unpaired) electrons. The summed E-state index contributed by atoms with van der Waals surface area (Å²) in [6.07, 6.45) is 2.80. The van der Waals surface area contributed by atoms with Gasteiger partial charge in [-0.1, -0.05) is 0 Å². The van der Waals surface area contributed by atoms with Gasteiger partial charge >= 0.3 is 0 Å². The zero-order valence-electron chi connectivity index (χ0n) is 12.7. The standard InChI is InChI=1S/C15H31N3/c1-13(2)18-10-9-17(11-14(18)3)12-15-5-7-16(4)8-6-15/h13-15H,5-12H2,1-4H3/t14-/m1/s1. The first-order chi connectivity index (χ1) is 8.56. The molecule has 0 amide bonds. The van der Waals surface area contributed by atoms with Crippen LogP contribution in [0.25, 0.3) is 0 Å². The van der Waals surface area contributed by atoms with Crippen molar-refractivity contribution in [3.63, 3.8) is 0 Å². The Balaban J connectivity index is 1.75. The second kappa shape index (κ2) is 6.36. The lowest BCUT2D eigenvalue weighted by atomic mass is 9.96. The minimum absolute atomic E-state index is 0.700. The van der Waals surface area contributed by atoms with Crippen molar-refractivity contribution in [3.8, 4) is 0 Å². The van der Waals surface area contributed by atoms with Crippen molar-refractivity contribution in [2.75, 3.05) is 46.3 Å². The Hall–Kier alpha value is -0.120. The highest BCUT2D eigenvalue weighted by atomic mass is 15.3. The van der Waals surface area contributed by atoms with Crippen LogP contribution in [-0.4, -0.2) is 73.1 Å². The van der Waals surface area contributed by atoms with Crippen molar-refractivity contribution in [2.24, 2.45) is 5.92 Å². The average molecular weight is 253 g/mol. The van der Waals surface area contributed by atoms with Crippen molar-refractivity contribution in [2.45, 2.75) is 45.7 Å². The van der Waals surface area contributed by atoms with E-state index in [9.17, 15) is 0 Å². The van der Waals surface area contributed by atoms with Crippen LogP contribution in [0.5, 0.6) is 0 Å². The molecule has 3 nitrogen and oxygen atoms in total. The van der Waals surface area contributed by atoms with E-state index in [0.29, 0.717) is 6.04 Å². The van der Waals surface area contributed by atoms with Crippen LogP contribution in [0.4, 0.5) is 0 Å². The smallest absolute Gasteiger partial charge is 0.0198 e. The van der Waals surface area contributed by atoms with Gasteiger partial charge in [-0.2, -0.15) is 0 Å². The van der Waals surface area contributed by atoms with Crippen molar-refractivity contribution in [1.82, 2.24) is 14.7 Å². The normalized spacial score (nSPS) is 30.2. The summed E-state index contributed by atoms with van der Waals surface area (Å²) >= 11 is 0. The summed E-state index contributed by atoms with van der Waals surface area (Å²) < 4.78 is 0. The van der Waals surface area contributed by atoms with Gasteiger partial charge < -0.3 is 9.80 Å². The molecule has 0 bridgehead atoms. The van der Waals surface area contributed by atoms with Crippen molar-refractivity contribution in [1.29, 1.82) is 0 Å². The predicted molar refractivity (Wildman–Crippen MR) is 78.0 cm³/mol. The first kappa shape index (κ1) is 14.3. The van der Waals surface area contributed by atoms with Crippen LogP contribution in [0, 0.1) is 5.92 Å². The van der Waals surface area contributed by atoms with Gasteiger partial charge in [-0.15, -0.1) is 0 Å². The number of likely N-dealkylation sites (tertiary alicyclic amines) is 1. The van der Waals surface area contributed by atoms with Gasteiger partial charge in [-0.05, 0) is 59.7 Å². The summed E-state index contributed by atoms with van der Waals surface area (Å²) in [5.41, 5.74) is 0. The molecule has 106 valence electrons. The van der Waals surface area contributed by atoms with Gasteiger partial charge in [0.05, 0.1) is 0 Å². The summed E-state index contributed by atoms with van der Waals surface area (Å²) in [7, 11) is 2.25. The minimum Gasteiger partial charge on any atom is -0.306 e. The van der Waals surface area contributed by atoms with Crippen molar-refractivity contribution in [3.05, 3.63) is 0 Å². The monoisotopic (exact) mass is 253 g/mol. The van der Waals surface area contributed by atoms with E-state index in [1.807, 2.05) is 0 Å². The molecule has 18 heavy (non-hydrogen) atoms. The summed E-state index contributed by atoms with van der Waals surface area (Å²) in [6, 6.07) is 1.43. The molecule has 0 aromatic rings. The van der Waals surface area contributed by atoms with E-state index < -0.39 is 0 Å². The highest BCUT2D eigenvalue weighted by molar-refractivity contribution is 4.83. The van der Waals surface area contributed by atoms with E-state index >= 15 is 0 Å². The molecule has 1 atom stereocenters. The van der Waals surface area contributed by atoms with E-state index in [1.54, 1.807) is 0 Å². The molecule has 0 saturated carbocycles. The summed E-state index contributed by atoms with van der Waals surface area (Å²) in [4.78, 5) is 7.82. The molecule has 0 aromatic heterocycles. The number of hydrogen-bond acceptors (Lipinski definition) is 3. The van der Waals surface area contributed by atoms with Gasteiger partial charge in [0.2, 0.25) is 0 Å². The van der Waals surface area contributed by atoms with Gasteiger partial charge in [-0.3, -0.25) is 4.90 Å². The van der Waals surface area contributed by atoms with Crippen LogP contribution in [0.15, 0.2) is 0 Å². The molecule has 2 fully saturated rings. The fourth-order valence-electron chi connectivity index (χ4n) is 3.59. The molecule has 2 aliphatic heterocycles. The van der Waals surface area contributed by atoms with Gasteiger partial charge in [0, 0.05) is 38.3 Å². The van der Waals surface area contributed by atoms with Crippen LogP contribution >= 0.6 is 0 Å². The van der Waals surface area contributed by atoms with Crippen molar-refractivity contribution < 1.29 is 0 Å². The first-order valence-corrected chi connectivity index (χ1v) is 7.73. The molecular formula is C15H31N3. The molecule has 0 aliphatic carbocycles. The Morgan fingerprint density at radius 1 is 1.06 bits per heavy atom. The van der Waals surface area contributed by atoms with Gasteiger partial charge in [0.1, 0.15) is 0 Å². The van der Waals surface area contributed by atoms with E-state index in [2.05, 4.69) is 42.5 Å². The molecule has 2 heterocycles. The number of hydrogen-bond donors (Lipinski definition) is 0. The largest absolute Gasteiger partial charge is 0.306 e. The number of rotatable bonds is 3. The Kier molecular flexibility index (Phi) is 5.05. The predicted octanol–water partition coefficient (Wildman–Crippen LogP) is 1.74. The Morgan fingerprint density at radius 3 is 2.28 bits per heavy atom. The first-order valence-electron chi connectivity index (χ1n) is 7.73. The molecule has 0 aromatic carbocycles. The zero-order valence-corrected chi connectivity index (χ0v) is 12.7. The second-order valence-electron chi connectivity index (χ2n) is 6.69. The average Bonchev–Trinajstić information content (AvgIpc) is 2.32. The zero-order chi connectivity index (χ0) is 13.1. The van der Waals surface area contributed by atoms with Crippen LogP contribution in [0.3, 0.4) is 0 Å². The highest BCUT2D eigenvalue weighted by Gasteiger charge is 2.27. The fraction of sp³-hybridized carbons (Fsp3) is 1.00. The van der Waals surface area contributed by atoms with Gasteiger partial charge in [0.15, 0.2) is 0 Å². The molecule has 2 aliphatic rings. The maximum absolute atomic E-state index is 2.71. The number of piperazine rings is 1. The summed E-state index contributed by atoms with van der Waals surface area (Å²) in [5, 5.41) is 0. The van der Waals surface area contributed by atoms with Crippen LogP contribution < -0.4 is 0 Å². The van der Waals surface area contributed by atoms with Gasteiger partial charge in [0.25, 0.3) is 0 Å². The summed E-state index contributed by atoms with van der Waals surface area (Å²) in [6.45, 7) is 14.8. The highest BCUT2D eigenvalue weighted by Crippen LogP contribution is 2.20. The van der Waals surface area contributed by atoms with Crippen LogP contribution in [0.1, 0.15) is 33.6 Å². The second-order valence-corrected chi connectivity index (χ2v) is 6.69. The lowest BCUT2D eigenvalue weighted by Crippen LogP contribution is -2.55. The maximum atomic E-state index is 2.71. The van der Waals surface area contributed by atoms with Crippen LogP contribution in [0.2, 0.25) is 0 Å². The van der Waals surface area contributed by atoms with Gasteiger partial charge in [-0.25, -0.2) is 0 Å². The Bertz CT molecular complexity index is 246. The Labute approximate surface area is 113 Å². The molecule has 0 unspecified atom stereocenters. The third kappa shape index (κ3) is 3.69. The third-order valence-corrected chi connectivity index (χ3v) is 4.78. The fourth-order valence-corrected chi connectivity index (χ4v) is 3.59. The Morgan fingerprint density at radius 2 is 1.72 bits per heavy atom. The van der Waals surface area contributed by atoms with E-state index in [1.165, 1.54) is 52.1 Å². The van der Waals surface area contributed by atoms with E-state index in [0.717, 1.165) is 12.0 Å². The molecular weight excluding hydrogens is 222 g/mol. The molecule has 3 heteroatoms. The van der Waals surface area contributed by atoms with E-state index in [4.69, 9.17) is 0 Å². The number of piperidine rings is 1. The topological polar surface area (TPSA) is 9.72 Å². The SMILES string of the molecule is CC(C)N1CCN(CC2CCN(C)CC2)C[C@H]1C. The van der Waals surface area contributed by atoms with E-state index in [-0.39, 0.29) is 0 Å². The molecule has 0 spiro atoms. The number of nitrogens with zero attached hydrogens (tertiary/aromatic N) is 3. The maximum Gasteiger partial charge on any atom is 0.0198 e. The lowest BCUT2D eigenvalue weighted by Gasteiger charge is -2.43. The molecule has 0 N–H and O–H groups in total. The van der Waals surface area contributed by atoms with Crippen LogP contribution in [-0.2, 0) is 0 Å². The minimum atomic E-state index is 0.700. The van der Waals surface area contributed by atoms with Crippen molar-refractivity contribution >= 4 is 0 Å².